The summed E-state index contributed by atoms with van der Waals surface area (Å²) in [6.07, 6.45) is 2.93. The van der Waals surface area contributed by atoms with Crippen LogP contribution in [0.1, 0.15) is 33.1 Å². The maximum Gasteiger partial charge on any atom is 0.264 e. The third-order valence-corrected chi connectivity index (χ3v) is 4.05. The van der Waals surface area contributed by atoms with E-state index in [1.165, 1.54) is 12.8 Å². The number of hydrogen-bond acceptors (Lipinski definition) is 3. The summed E-state index contributed by atoms with van der Waals surface area (Å²) in [6, 6.07) is 0. The fraction of sp³-hybridized carbons (Fsp3) is 1.00. The summed E-state index contributed by atoms with van der Waals surface area (Å²) in [5.41, 5.74) is 0. The molecule has 0 heterocycles. The lowest BCUT2D eigenvalue weighted by Gasteiger charge is -2.06. The molecule has 0 saturated heterocycles. The molecule has 0 radical (unpaired) electrons. The van der Waals surface area contributed by atoms with Crippen LogP contribution in [0.15, 0.2) is 0 Å². The van der Waals surface area contributed by atoms with E-state index in [2.05, 4.69) is 13.8 Å². The van der Waals surface area contributed by atoms with Gasteiger partial charge in [0.05, 0.1) is 5.75 Å². The molecule has 0 aromatic carbocycles. The highest BCUT2D eigenvalue weighted by atomic mass is 32.2. The van der Waals surface area contributed by atoms with E-state index >= 15 is 0 Å². The molecule has 1 atom stereocenters. The van der Waals surface area contributed by atoms with Crippen LogP contribution in [-0.4, -0.2) is 30.2 Å². The minimum absolute atomic E-state index is 0.108. The van der Waals surface area contributed by atoms with Crippen LogP contribution >= 0.6 is 11.8 Å². The minimum atomic E-state index is -3.75. The van der Waals surface area contributed by atoms with Gasteiger partial charge in [0.2, 0.25) is 0 Å². The molecule has 0 amide bonds. The number of rotatable bonds is 8. The average Bonchev–Trinajstić information content (AvgIpc) is 2.08. The molecule has 1 unspecified atom stereocenters. The Morgan fingerprint density at radius 1 is 1.36 bits per heavy atom. The molecule has 0 bridgehead atoms. The van der Waals surface area contributed by atoms with E-state index < -0.39 is 10.1 Å². The normalized spacial score (nSPS) is 14.2. The second-order valence-electron chi connectivity index (χ2n) is 3.55. The first-order valence-electron chi connectivity index (χ1n) is 4.98. The van der Waals surface area contributed by atoms with Crippen LogP contribution in [0.3, 0.4) is 0 Å². The molecule has 0 saturated carbocycles. The number of thioether (sulfide) groups is 1. The summed E-state index contributed by atoms with van der Waals surface area (Å²) in [7, 11) is -3.75. The molecule has 86 valence electrons. The Kier molecular flexibility index (Phi) is 7.68. The van der Waals surface area contributed by atoms with Gasteiger partial charge in [-0.25, -0.2) is 0 Å². The van der Waals surface area contributed by atoms with Gasteiger partial charge in [0.1, 0.15) is 0 Å². The molecule has 3 nitrogen and oxygen atoms in total. The standard InChI is InChI=1S/C9H20O3S2/c1-3-9(2)5-7-13-6-4-8-14(10,11)12/h9H,3-8H2,1-2H3,(H,10,11,12). The van der Waals surface area contributed by atoms with Crippen LogP contribution in [0.2, 0.25) is 0 Å². The van der Waals surface area contributed by atoms with Gasteiger partial charge in [-0.1, -0.05) is 20.3 Å². The van der Waals surface area contributed by atoms with Crippen molar-refractivity contribution in [1.29, 1.82) is 0 Å². The molecule has 0 rings (SSSR count). The van der Waals surface area contributed by atoms with Crippen molar-refractivity contribution < 1.29 is 13.0 Å². The summed E-state index contributed by atoms with van der Waals surface area (Å²) in [5.74, 6) is 2.55. The van der Waals surface area contributed by atoms with Crippen molar-refractivity contribution in [2.75, 3.05) is 17.3 Å². The topological polar surface area (TPSA) is 54.4 Å². The second-order valence-corrected chi connectivity index (χ2v) is 6.35. The van der Waals surface area contributed by atoms with Crippen LogP contribution in [0.25, 0.3) is 0 Å². The van der Waals surface area contributed by atoms with Gasteiger partial charge >= 0.3 is 0 Å². The van der Waals surface area contributed by atoms with E-state index in [-0.39, 0.29) is 5.75 Å². The molecule has 0 aliphatic carbocycles. The predicted octanol–water partition coefficient (Wildman–Crippen LogP) is 2.43. The lowest BCUT2D eigenvalue weighted by Crippen LogP contribution is -2.04. The molecule has 0 fully saturated rings. The third-order valence-electron chi connectivity index (χ3n) is 2.14. The molecular weight excluding hydrogens is 220 g/mol. The summed E-state index contributed by atoms with van der Waals surface area (Å²) < 4.78 is 29.2. The fourth-order valence-electron chi connectivity index (χ4n) is 0.934. The summed E-state index contributed by atoms with van der Waals surface area (Å²) in [6.45, 7) is 4.40. The molecule has 14 heavy (non-hydrogen) atoms. The van der Waals surface area contributed by atoms with Gasteiger partial charge in [0, 0.05) is 0 Å². The molecule has 0 spiro atoms. The van der Waals surface area contributed by atoms with Gasteiger partial charge < -0.3 is 0 Å². The zero-order chi connectivity index (χ0) is 11.0. The molecule has 0 aliphatic heterocycles. The Balaban J connectivity index is 3.23. The zero-order valence-electron chi connectivity index (χ0n) is 8.90. The maximum atomic E-state index is 10.4. The lowest BCUT2D eigenvalue weighted by molar-refractivity contribution is 0.482. The Hall–Kier alpha value is 0.260. The van der Waals surface area contributed by atoms with Crippen LogP contribution in [0, 0.1) is 5.92 Å². The van der Waals surface area contributed by atoms with Crippen LogP contribution in [0.5, 0.6) is 0 Å². The van der Waals surface area contributed by atoms with Gasteiger partial charge in [0.25, 0.3) is 10.1 Å². The van der Waals surface area contributed by atoms with Gasteiger partial charge in [-0.3, -0.25) is 4.55 Å². The summed E-state index contributed by atoms with van der Waals surface area (Å²) >= 11 is 1.76. The molecule has 0 aromatic rings. The Bertz CT molecular complexity index is 224. The highest BCUT2D eigenvalue weighted by Gasteiger charge is 2.03. The first kappa shape index (κ1) is 14.3. The highest BCUT2D eigenvalue weighted by Crippen LogP contribution is 2.12. The molecule has 0 aliphatic rings. The largest absolute Gasteiger partial charge is 0.286 e. The predicted molar refractivity (Wildman–Crippen MR) is 62.4 cm³/mol. The van der Waals surface area contributed by atoms with Crippen LogP contribution in [-0.2, 0) is 10.1 Å². The average molecular weight is 240 g/mol. The van der Waals surface area contributed by atoms with E-state index in [9.17, 15) is 8.42 Å². The lowest BCUT2D eigenvalue weighted by atomic mass is 10.1. The monoisotopic (exact) mass is 240 g/mol. The SMILES string of the molecule is CCC(C)CCSCCCS(=O)(=O)O. The van der Waals surface area contributed by atoms with Gasteiger partial charge in [-0.2, -0.15) is 20.2 Å². The highest BCUT2D eigenvalue weighted by molar-refractivity contribution is 7.99. The van der Waals surface area contributed by atoms with Crippen molar-refractivity contribution in [3.8, 4) is 0 Å². The van der Waals surface area contributed by atoms with Crippen molar-refractivity contribution in [2.24, 2.45) is 5.92 Å². The number of hydrogen-bond donors (Lipinski definition) is 1. The van der Waals surface area contributed by atoms with Gasteiger partial charge in [0.15, 0.2) is 0 Å². The Morgan fingerprint density at radius 3 is 2.50 bits per heavy atom. The van der Waals surface area contributed by atoms with E-state index in [0.29, 0.717) is 6.42 Å². The Labute approximate surface area is 91.4 Å². The van der Waals surface area contributed by atoms with E-state index in [1.54, 1.807) is 11.8 Å². The summed E-state index contributed by atoms with van der Waals surface area (Å²) in [4.78, 5) is 0. The van der Waals surface area contributed by atoms with Crippen LogP contribution < -0.4 is 0 Å². The smallest absolute Gasteiger partial charge is 0.264 e. The first-order chi connectivity index (χ1) is 6.45. The minimum Gasteiger partial charge on any atom is -0.286 e. The third kappa shape index (κ3) is 10.3. The van der Waals surface area contributed by atoms with E-state index in [0.717, 1.165) is 17.4 Å². The van der Waals surface area contributed by atoms with Crippen molar-refractivity contribution in [2.45, 2.75) is 33.1 Å². The van der Waals surface area contributed by atoms with Crippen molar-refractivity contribution in [3.63, 3.8) is 0 Å². The second kappa shape index (κ2) is 7.54. The van der Waals surface area contributed by atoms with Crippen molar-refractivity contribution in [3.05, 3.63) is 0 Å². The Morgan fingerprint density at radius 2 is 2.00 bits per heavy atom. The molecule has 5 heteroatoms. The zero-order valence-corrected chi connectivity index (χ0v) is 10.5. The first-order valence-corrected chi connectivity index (χ1v) is 7.75. The molecule has 1 N–H and O–H groups in total. The van der Waals surface area contributed by atoms with E-state index in [4.69, 9.17) is 4.55 Å². The maximum absolute atomic E-state index is 10.4. The van der Waals surface area contributed by atoms with Gasteiger partial charge in [-0.15, -0.1) is 0 Å². The molecular formula is C9H20O3S2. The van der Waals surface area contributed by atoms with E-state index in [1.807, 2.05) is 0 Å². The van der Waals surface area contributed by atoms with Crippen molar-refractivity contribution >= 4 is 21.9 Å². The molecule has 0 aromatic heterocycles. The quantitative estimate of drug-likeness (QED) is 0.523. The fourth-order valence-corrected chi connectivity index (χ4v) is 2.75. The summed E-state index contributed by atoms with van der Waals surface area (Å²) in [5, 5.41) is 0. The van der Waals surface area contributed by atoms with Crippen molar-refractivity contribution in [1.82, 2.24) is 0 Å². The van der Waals surface area contributed by atoms with Gasteiger partial charge in [-0.05, 0) is 30.3 Å². The van der Waals surface area contributed by atoms with Crippen LogP contribution in [0.4, 0.5) is 0 Å².